The van der Waals surface area contributed by atoms with Gasteiger partial charge in [-0.1, -0.05) is 12.1 Å². The summed E-state index contributed by atoms with van der Waals surface area (Å²) in [6, 6.07) is 9.86. The van der Waals surface area contributed by atoms with Crippen molar-refractivity contribution in [3.8, 4) is 5.75 Å². The van der Waals surface area contributed by atoms with Crippen LogP contribution >= 0.6 is 0 Å². The van der Waals surface area contributed by atoms with Gasteiger partial charge in [0.05, 0.1) is 35.5 Å². The van der Waals surface area contributed by atoms with Crippen LogP contribution in [-0.4, -0.2) is 51.9 Å². The number of pyridine rings is 1. The molecule has 0 bridgehead atoms. The van der Waals surface area contributed by atoms with E-state index in [1.54, 1.807) is 20.8 Å². The van der Waals surface area contributed by atoms with Gasteiger partial charge in [0, 0.05) is 12.4 Å². The van der Waals surface area contributed by atoms with E-state index < -0.39 is 73.2 Å². The number of aromatic nitrogens is 1. The lowest BCUT2D eigenvalue weighted by Crippen LogP contribution is -2.46. The molecule has 0 saturated heterocycles. The summed E-state index contributed by atoms with van der Waals surface area (Å²) in [7, 11) is -9.00. The van der Waals surface area contributed by atoms with E-state index in [4.69, 9.17) is 9.47 Å². The number of anilines is 1. The van der Waals surface area contributed by atoms with Crippen LogP contribution in [0.15, 0.2) is 76.8 Å². The monoisotopic (exact) mass is 655 g/mol. The van der Waals surface area contributed by atoms with E-state index in [1.807, 2.05) is 4.72 Å². The van der Waals surface area contributed by atoms with E-state index in [-0.39, 0.29) is 22.8 Å². The zero-order valence-corrected chi connectivity index (χ0v) is 25.3. The van der Waals surface area contributed by atoms with Crippen molar-refractivity contribution in [1.82, 2.24) is 9.71 Å². The molecule has 11 nitrogen and oxygen atoms in total. The quantitative estimate of drug-likeness (QED) is 0.358. The van der Waals surface area contributed by atoms with Crippen molar-refractivity contribution in [2.75, 3.05) is 10.8 Å². The Balaban J connectivity index is 1.68. The number of hydrogen-bond donors (Lipinski definition) is 1. The molecule has 2 aromatic carbocycles. The van der Waals surface area contributed by atoms with Crippen LogP contribution in [0.3, 0.4) is 0 Å². The third kappa shape index (κ3) is 7.85. The van der Waals surface area contributed by atoms with Crippen molar-refractivity contribution in [2.24, 2.45) is 0 Å². The Labute approximate surface area is 252 Å². The highest BCUT2D eigenvalue weighted by Crippen LogP contribution is 2.39. The number of sulfonamides is 2. The number of hydrogen-bond acceptors (Lipinski definition) is 9. The number of nitrogens with one attached hydrogen (secondary N) is 1. The average molecular weight is 656 g/mol. The smallest absolute Gasteiger partial charge is 0.416 e. The maximum Gasteiger partial charge on any atom is 0.416 e. The Morgan fingerprint density at radius 1 is 1.02 bits per heavy atom. The highest BCUT2D eigenvalue weighted by Gasteiger charge is 2.38. The Morgan fingerprint density at radius 2 is 1.73 bits per heavy atom. The first kappa shape index (κ1) is 32.7. The molecule has 1 aromatic heterocycles. The molecule has 0 fully saturated rings. The minimum Gasteiger partial charge on any atom is -0.486 e. The van der Waals surface area contributed by atoms with Gasteiger partial charge < -0.3 is 9.47 Å². The van der Waals surface area contributed by atoms with Gasteiger partial charge in [-0.2, -0.15) is 13.2 Å². The molecule has 16 heteroatoms. The van der Waals surface area contributed by atoms with Gasteiger partial charge in [-0.25, -0.2) is 21.6 Å². The molecule has 44 heavy (non-hydrogen) atoms. The number of carbonyl (C=O) groups is 2. The second kappa shape index (κ2) is 12.1. The zero-order valence-electron chi connectivity index (χ0n) is 23.7. The van der Waals surface area contributed by atoms with E-state index in [1.165, 1.54) is 36.5 Å². The molecule has 0 aliphatic carbocycles. The molecule has 2 heterocycles. The Hall–Kier alpha value is -4.18. The molecule has 0 unspecified atom stereocenters. The molecule has 4 rings (SSSR count). The number of ether oxygens (including phenoxy) is 2. The first-order chi connectivity index (χ1) is 20.3. The number of nitrogens with zero attached hydrogens (tertiary/aromatic N) is 2. The third-order valence-corrected chi connectivity index (χ3v) is 9.21. The van der Waals surface area contributed by atoms with Gasteiger partial charge in [0.2, 0.25) is 5.91 Å². The maximum absolute atomic E-state index is 13.8. The molecule has 1 aliphatic rings. The van der Waals surface area contributed by atoms with Crippen LogP contribution < -0.4 is 13.8 Å². The lowest BCUT2D eigenvalue weighted by molar-refractivity contribution is -0.154. The van der Waals surface area contributed by atoms with E-state index in [9.17, 15) is 39.6 Å². The molecule has 0 spiro atoms. The normalized spacial score (nSPS) is 15.6. The molecule has 0 saturated carbocycles. The summed E-state index contributed by atoms with van der Waals surface area (Å²) in [5.74, 6) is -1.70. The fraction of sp³-hybridized carbons (Fsp3) is 0.321. The summed E-state index contributed by atoms with van der Waals surface area (Å²) in [5, 5.41) is 0. The van der Waals surface area contributed by atoms with Crippen molar-refractivity contribution in [1.29, 1.82) is 0 Å². The average Bonchev–Trinajstić information content (AvgIpc) is 2.91. The lowest BCUT2D eigenvalue weighted by Gasteiger charge is -2.35. The van der Waals surface area contributed by atoms with Crippen molar-refractivity contribution in [3.63, 3.8) is 0 Å². The number of halogens is 3. The predicted molar refractivity (Wildman–Crippen MR) is 151 cm³/mol. The minimum atomic E-state index is -4.82. The number of rotatable bonds is 8. The van der Waals surface area contributed by atoms with Gasteiger partial charge in [0.25, 0.3) is 20.0 Å². The summed E-state index contributed by atoms with van der Waals surface area (Å²) in [4.78, 5) is 27.9. The van der Waals surface area contributed by atoms with Gasteiger partial charge in [0.15, 0.2) is 0 Å². The van der Waals surface area contributed by atoms with E-state index in [0.29, 0.717) is 11.6 Å². The fourth-order valence-electron chi connectivity index (χ4n) is 4.27. The topological polar surface area (TPSA) is 149 Å². The van der Waals surface area contributed by atoms with Gasteiger partial charge >= 0.3 is 12.1 Å². The Bertz CT molecular complexity index is 1780. The molecular weight excluding hydrogens is 627 g/mol. The summed E-state index contributed by atoms with van der Waals surface area (Å²) in [5.41, 5.74) is -1.75. The van der Waals surface area contributed by atoms with Crippen LogP contribution in [0.25, 0.3) is 0 Å². The molecule has 1 N–H and O–H groups in total. The molecule has 1 atom stereocenters. The van der Waals surface area contributed by atoms with E-state index in [0.717, 1.165) is 28.7 Å². The first-order valence-electron chi connectivity index (χ1n) is 13.0. The molecule has 0 radical (unpaired) electrons. The number of esters is 1. The summed E-state index contributed by atoms with van der Waals surface area (Å²) in [6.45, 7) is 4.45. The van der Waals surface area contributed by atoms with Crippen LogP contribution in [0.4, 0.5) is 18.9 Å². The Kier molecular flexibility index (Phi) is 8.98. The largest absolute Gasteiger partial charge is 0.486 e. The van der Waals surface area contributed by atoms with Crippen molar-refractivity contribution >= 4 is 37.6 Å². The predicted octanol–water partition coefficient (Wildman–Crippen LogP) is 3.84. The minimum absolute atomic E-state index is 0.0624. The van der Waals surface area contributed by atoms with Crippen molar-refractivity contribution in [3.05, 3.63) is 78.1 Å². The van der Waals surface area contributed by atoms with E-state index >= 15 is 0 Å². The van der Waals surface area contributed by atoms with Crippen LogP contribution in [0.2, 0.25) is 0 Å². The Morgan fingerprint density at radius 3 is 2.36 bits per heavy atom. The number of fused-ring (bicyclic) bond motifs is 1. The summed E-state index contributed by atoms with van der Waals surface area (Å²) >= 11 is 0. The summed E-state index contributed by atoms with van der Waals surface area (Å²) < 4.78 is 107. The number of alkyl halides is 3. The molecule has 236 valence electrons. The molecule has 1 aliphatic heterocycles. The number of amides is 1. The highest BCUT2D eigenvalue weighted by atomic mass is 32.2. The van der Waals surface area contributed by atoms with Crippen LogP contribution in [0, 0.1) is 0 Å². The van der Waals surface area contributed by atoms with Crippen molar-refractivity contribution < 1.29 is 49.1 Å². The van der Waals surface area contributed by atoms with Gasteiger partial charge in [-0.05, 0) is 68.8 Å². The summed E-state index contributed by atoms with van der Waals surface area (Å²) in [6.07, 6.45) is -4.58. The van der Waals surface area contributed by atoms with Gasteiger partial charge in [-0.3, -0.25) is 18.9 Å². The second-order valence-electron chi connectivity index (χ2n) is 10.8. The van der Waals surface area contributed by atoms with Gasteiger partial charge in [0.1, 0.15) is 22.4 Å². The molecule has 1 amide bonds. The second-order valence-corrected chi connectivity index (χ2v) is 14.3. The standard InChI is InChI=1S/C28H28F3N3O8S2/c1-27(2,3)42-26(36)13-18-9-10-24-23(12-18)34(44(39,40)21-7-4-6-19(14-21)28(29,30)31)17-20(41-24)15-25(35)33-43(37,38)22-8-5-11-32-16-22/h4-12,14,16,20H,13,15,17H2,1-3H3,(H,33,35)/t20-/m0/s1. The van der Waals surface area contributed by atoms with Crippen LogP contribution in [0.1, 0.15) is 38.3 Å². The fourth-order valence-corrected chi connectivity index (χ4v) is 6.77. The highest BCUT2D eigenvalue weighted by molar-refractivity contribution is 7.92. The van der Waals surface area contributed by atoms with E-state index in [2.05, 4.69) is 4.98 Å². The molecular formula is C28H28F3N3O8S2. The maximum atomic E-state index is 13.8. The number of benzene rings is 2. The zero-order chi connectivity index (χ0) is 32.5. The SMILES string of the molecule is CC(C)(C)OC(=O)Cc1ccc2c(c1)N(S(=O)(=O)c1cccc(C(F)(F)F)c1)C[C@H](CC(=O)NS(=O)(=O)c1cccnc1)O2. The van der Waals surface area contributed by atoms with Crippen molar-refractivity contribution in [2.45, 2.75) is 61.3 Å². The third-order valence-electron chi connectivity index (χ3n) is 6.08. The first-order valence-corrected chi connectivity index (χ1v) is 15.9. The van der Waals surface area contributed by atoms with Crippen LogP contribution in [0.5, 0.6) is 5.75 Å². The molecule has 3 aromatic rings. The van der Waals surface area contributed by atoms with Crippen LogP contribution in [-0.2, 0) is 47.0 Å². The van der Waals surface area contributed by atoms with Gasteiger partial charge in [-0.15, -0.1) is 0 Å². The number of carbonyl (C=O) groups excluding carboxylic acids is 2. The lowest BCUT2D eigenvalue weighted by atomic mass is 10.1.